The van der Waals surface area contributed by atoms with Gasteiger partial charge in [0.1, 0.15) is 4.70 Å². The molecule has 0 spiro atoms. The fourth-order valence-corrected chi connectivity index (χ4v) is 5.09. The number of rotatable bonds is 8. The molecule has 1 amide bonds. The molecule has 9 nitrogen and oxygen atoms in total. The Morgan fingerprint density at radius 2 is 2.24 bits per heavy atom. The van der Waals surface area contributed by atoms with Crippen molar-refractivity contribution in [2.75, 3.05) is 38.3 Å². The highest BCUT2D eigenvalue weighted by atomic mass is 32.1. The summed E-state index contributed by atoms with van der Waals surface area (Å²) in [5.74, 6) is 0.284. The number of anilines is 1. The van der Waals surface area contributed by atoms with Gasteiger partial charge in [-0.2, -0.15) is 5.26 Å². The average Bonchev–Trinajstić information content (AvgIpc) is 3.28. The van der Waals surface area contributed by atoms with Gasteiger partial charge < -0.3 is 20.7 Å². The number of fused-ring (bicyclic) bond motifs is 1. The third-order valence-electron chi connectivity index (χ3n) is 5.86. The summed E-state index contributed by atoms with van der Waals surface area (Å²) in [6.45, 7) is 2.59. The van der Waals surface area contributed by atoms with Gasteiger partial charge in [-0.1, -0.05) is 18.2 Å². The number of thiophene rings is 1. The molecule has 0 radical (unpaired) electrons. The number of benzene rings is 1. The Bertz CT molecular complexity index is 1280. The molecule has 2 aromatic heterocycles. The van der Waals surface area contributed by atoms with Crippen LogP contribution >= 0.6 is 11.3 Å². The van der Waals surface area contributed by atoms with Crippen LogP contribution in [0.5, 0.6) is 0 Å². The molecule has 3 aromatic rings. The first kappa shape index (κ1) is 23.9. The Hall–Kier alpha value is -3.26. The summed E-state index contributed by atoms with van der Waals surface area (Å²) in [6, 6.07) is 11.1. The van der Waals surface area contributed by atoms with Gasteiger partial charge in [0.15, 0.2) is 0 Å². The van der Waals surface area contributed by atoms with Crippen LogP contribution in [0.2, 0.25) is 0 Å². The number of carbonyl (C=O) groups is 1. The van der Waals surface area contributed by atoms with Gasteiger partial charge in [-0.25, -0.2) is 4.98 Å². The van der Waals surface area contributed by atoms with Crippen molar-refractivity contribution in [1.82, 2.24) is 14.9 Å². The summed E-state index contributed by atoms with van der Waals surface area (Å²) in [6.07, 6.45) is 2.53. The molecule has 1 atom stereocenters. The first-order valence-corrected chi connectivity index (χ1v) is 12.1. The van der Waals surface area contributed by atoms with Crippen molar-refractivity contribution in [3.05, 3.63) is 56.7 Å². The molecule has 34 heavy (non-hydrogen) atoms. The molecule has 10 heteroatoms. The van der Waals surface area contributed by atoms with Gasteiger partial charge in [-0.3, -0.25) is 14.2 Å². The summed E-state index contributed by atoms with van der Waals surface area (Å²) < 4.78 is 7.04. The lowest BCUT2D eigenvalue weighted by atomic mass is 10.1. The highest BCUT2D eigenvalue weighted by Crippen LogP contribution is 2.26. The van der Waals surface area contributed by atoms with Gasteiger partial charge in [0, 0.05) is 39.4 Å². The zero-order chi connectivity index (χ0) is 24.1. The topological polar surface area (TPSA) is 126 Å². The van der Waals surface area contributed by atoms with Crippen molar-refractivity contribution in [1.29, 1.82) is 5.26 Å². The molecule has 3 N–H and O–H groups in total. The van der Waals surface area contributed by atoms with Crippen LogP contribution in [0.1, 0.15) is 40.1 Å². The maximum absolute atomic E-state index is 13.7. The second-order valence-corrected chi connectivity index (χ2v) is 9.40. The highest BCUT2D eigenvalue weighted by molar-refractivity contribution is 7.20. The van der Waals surface area contributed by atoms with Crippen molar-refractivity contribution in [3.63, 3.8) is 0 Å². The molecule has 1 aromatic carbocycles. The van der Waals surface area contributed by atoms with Crippen LogP contribution < -0.4 is 21.5 Å². The number of aromatic nitrogens is 2. The second-order valence-electron chi connectivity index (χ2n) is 8.35. The minimum atomic E-state index is -0.235. The Balaban J connectivity index is 1.75. The number of ether oxygens (including phenoxy) is 1. The molecule has 178 valence electrons. The Morgan fingerprint density at radius 3 is 3.00 bits per heavy atom. The predicted molar refractivity (Wildman–Crippen MR) is 132 cm³/mol. The van der Waals surface area contributed by atoms with Crippen molar-refractivity contribution in [2.45, 2.75) is 31.8 Å². The number of amides is 1. The molecule has 1 saturated heterocycles. The smallest absolute Gasteiger partial charge is 0.273 e. The fourth-order valence-electron chi connectivity index (χ4n) is 4.13. The average molecular weight is 481 g/mol. The number of carbonyl (C=O) groups excluding carboxylic acids is 1. The van der Waals surface area contributed by atoms with Crippen LogP contribution in [0.15, 0.2) is 35.1 Å². The highest BCUT2D eigenvalue weighted by Gasteiger charge is 2.24. The molecule has 0 aliphatic carbocycles. The van der Waals surface area contributed by atoms with Crippen LogP contribution in [-0.4, -0.2) is 54.9 Å². The molecule has 1 aliphatic rings. The van der Waals surface area contributed by atoms with Crippen LogP contribution in [0.25, 0.3) is 10.2 Å². The van der Waals surface area contributed by atoms with Gasteiger partial charge >= 0.3 is 0 Å². The number of nitriles is 1. The van der Waals surface area contributed by atoms with Crippen molar-refractivity contribution in [3.8, 4) is 6.07 Å². The summed E-state index contributed by atoms with van der Waals surface area (Å²) in [5, 5.41) is 12.4. The fraction of sp³-hybridized carbons (Fsp3) is 0.417. The van der Waals surface area contributed by atoms with E-state index in [9.17, 15) is 14.9 Å². The molecule has 0 bridgehead atoms. The number of nitrogens with zero attached hydrogens (tertiary/aromatic N) is 4. The SMILES string of the molecule is COCCCNC(=O)c1cc2nc(N3CCC[C@@H](N)C3)n(Cc3ccccc3C#N)c(=O)c2s1. The summed E-state index contributed by atoms with van der Waals surface area (Å²) in [5.41, 5.74) is 7.73. The maximum atomic E-state index is 13.7. The first-order chi connectivity index (χ1) is 16.5. The van der Waals surface area contributed by atoms with E-state index in [1.54, 1.807) is 29.9 Å². The lowest BCUT2D eigenvalue weighted by Gasteiger charge is -2.33. The van der Waals surface area contributed by atoms with E-state index >= 15 is 0 Å². The van der Waals surface area contributed by atoms with Gasteiger partial charge in [-0.05, 0) is 37.0 Å². The third-order valence-corrected chi connectivity index (χ3v) is 6.97. The molecule has 0 saturated carbocycles. The van der Waals surface area contributed by atoms with Gasteiger partial charge in [0.25, 0.3) is 11.5 Å². The monoisotopic (exact) mass is 480 g/mol. The second kappa shape index (κ2) is 10.8. The zero-order valence-corrected chi connectivity index (χ0v) is 19.9. The van der Waals surface area contributed by atoms with Crippen molar-refractivity contribution in [2.24, 2.45) is 5.73 Å². The van der Waals surface area contributed by atoms with Gasteiger partial charge in [0.2, 0.25) is 5.95 Å². The summed E-state index contributed by atoms with van der Waals surface area (Å²) in [7, 11) is 1.62. The third kappa shape index (κ3) is 5.12. The minimum Gasteiger partial charge on any atom is -0.385 e. The van der Waals surface area contributed by atoms with Crippen LogP contribution in [0, 0.1) is 11.3 Å². The first-order valence-electron chi connectivity index (χ1n) is 11.3. The van der Waals surface area contributed by atoms with E-state index in [0.717, 1.165) is 36.3 Å². The van der Waals surface area contributed by atoms with E-state index in [4.69, 9.17) is 15.5 Å². The molecule has 1 fully saturated rings. The maximum Gasteiger partial charge on any atom is 0.273 e. The zero-order valence-electron chi connectivity index (χ0n) is 19.1. The van der Waals surface area contributed by atoms with E-state index in [1.807, 2.05) is 17.0 Å². The van der Waals surface area contributed by atoms with E-state index < -0.39 is 0 Å². The molecular weight excluding hydrogens is 452 g/mol. The lowest BCUT2D eigenvalue weighted by molar-refractivity contribution is 0.0952. The number of piperidine rings is 1. The van der Waals surface area contributed by atoms with E-state index in [1.165, 1.54) is 0 Å². The molecule has 0 unspecified atom stereocenters. The van der Waals surface area contributed by atoms with Crippen LogP contribution in [-0.2, 0) is 11.3 Å². The standard InChI is InChI=1S/C24H28N6O3S/c1-33-11-5-9-27-22(31)20-12-19-21(34-20)23(32)30(14-17-7-3-2-6-16(17)13-25)24(28-19)29-10-4-8-18(26)15-29/h2-3,6-7,12,18H,4-5,8-11,14-15,26H2,1H3,(H,27,31)/t18-/m1/s1. The van der Waals surface area contributed by atoms with E-state index in [2.05, 4.69) is 11.4 Å². The quantitative estimate of drug-likeness (QED) is 0.473. The number of nitrogens with two attached hydrogens (primary N) is 1. The normalized spacial score (nSPS) is 15.9. The van der Waals surface area contributed by atoms with Crippen LogP contribution in [0.3, 0.4) is 0 Å². The summed E-state index contributed by atoms with van der Waals surface area (Å²) in [4.78, 5) is 33.6. The van der Waals surface area contributed by atoms with Crippen LogP contribution in [0.4, 0.5) is 5.95 Å². The molecule has 4 rings (SSSR count). The van der Waals surface area contributed by atoms with E-state index in [-0.39, 0.29) is 24.1 Å². The number of hydrogen-bond acceptors (Lipinski definition) is 8. The number of hydrogen-bond donors (Lipinski definition) is 2. The summed E-state index contributed by atoms with van der Waals surface area (Å²) >= 11 is 1.14. The number of methoxy groups -OCH3 is 1. The molecular formula is C24H28N6O3S. The Morgan fingerprint density at radius 1 is 1.41 bits per heavy atom. The van der Waals surface area contributed by atoms with Gasteiger partial charge in [0.05, 0.1) is 28.6 Å². The molecule has 1 aliphatic heterocycles. The number of nitrogens with one attached hydrogen (secondary N) is 1. The van der Waals surface area contributed by atoms with E-state index in [0.29, 0.717) is 52.7 Å². The largest absolute Gasteiger partial charge is 0.385 e. The van der Waals surface area contributed by atoms with Crippen molar-refractivity contribution >= 4 is 33.4 Å². The lowest BCUT2D eigenvalue weighted by Crippen LogP contribution is -2.45. The predicted octanol–water partition coefficient (Wildman–Crippen LogP) is 2.07. The minimum absolute atomic E-state index is 0.00268. The van der Waals surface area contributed by atoms with Crippen molar-refractivity contribution < 1.29 is 9.53 Å². The van der Waals surface area contributed by atoms with Gasteiger partial charge in [-0.15, -0.1) is 11.3 Å². The Kier molecular flexibility index (Phi) is 7.57. The Labute approximate surface area is 201 Å². The molecule has 3 heterocycles.